The van der Waals surface area contributed by atoms with Crippen LogP contribution in [0.25, 0.3) is 6.08 Å². The van der Waals surface area contributed by atoms with E-state index in [-0.39, 0.29) is 5.97 Å². The van der Waals surface area contributed by atoms with Gasteiger partial charge in [0.15, 0.2) is 0 Å². The van der Waals surface area contributed by atoms with Gasteiger partial charge in [0, 0.05) is 12.6 Å². The summed E-state index contributed by atoms with van der Waals surface area (Å²) in [6.45, 7) is 2.26. The molecule has 3 aromatic carbocycles. The van der Waals surface area contributed by atoms with Crippen LogP contribution in [0, 0.1) is 0 Å². The van der Waals surface area contributed by atoms with Crippen LogP contribution in [0.15, 0.2) is 110 Å². The predicted octanol–water partition coefficient (Wildman–Crippen LogP) is 6.47. The van der Waals surface area contributed by atoms with Crippen LogP contribution in [0.1, 0.15) is 48.6 Å². The first kappa shape index (κ1) is 23.2. The van der Waals surface area contributed by atoms with E-state index >= 15 is 0 Å². The van der Waals surface area contributed by atoms with Crippen LogP contribution < -0.4 is 0 Å². The molecule has 0 aliphatic carbocycles. The lowest BCUT2D eigenvalue weighted by molar-refractivity contribution is -0.143. The molecule has 0 aliphatic heterocycles. The lowest BCUT2D eigenvalue weighted by Crippen LogP contribution is -2.36. The van der Waals surface area contributed by atoms with E-state index in [9.17, 15) is 4.79 Å². The van der Waals surface area contributed by atoms with E-state index < -0.39 is 5.54 Å². The number of allylic oxidation sites excluding steroid dienone is 1. The Labute approximate surface area is 201 Å². The molecule has 0 N–H and O–H groups in total. The molecule has 0 radical (unpaired) electrons. The number of esters is 1. The van der Waals surface area contributed by atoms with Gasteiger partial charge in [-0.3, -0.25) is 4.79 Å². The van der Waals surface area contributed by atoms with Crippen LogP contribution in [-0.4, -0.2) is 22.1 Å². The van der Waals surface area contributed by atoms with Crippen molar-refractivity contribution in [3.05, 3.63) is 132 Å². The number of hydrogen-bond donors (Lipinski definition) is 0. The number of nitrogens with zero attached hydrogens (tertiary/aromatic N) is 2. The van der Waals surface area contributed by atoms with E-state index in [1.165, 1.54) is 0 Å². The number of rotatable bonds is 10. The largest absolute Gasteiger partial charge is 0.466 e. The first-order valence-electron chi connectivity index (χ1n) is 11.8. The molecular weight excluding hydrogens is 420 g/mol. The van der Waals surface area contributed by atoms with Crippen LogP contribution >= 0.6 is 0 Å². The SMILES string of the molecule is CCOC(=O)CCCC=Cc1cn(C(c2ccccc2)(c2ccccc2)c2ccccc2)cn1. The summed E-state index contributed by atoms with van der Waals surface area (Å²) in [5.41, 5.74) is 3.80. The van der Waals surface area contributed by atoms with Crippen molar-refractivity contribution >= 4 is 12.0 Å². The maximum absolute atomic E-state index is 11.5. The molecule has 0 amide bonds. The number of hydrogen-bond acceptors (Lipinski definition) is 3. The molecule has 4 rings (SSSR count). The minimum absolute atomic E-state index is 0.140. The topological polar surface area (TPSA) is 44.1 Å². The Morgan fingerprint density at radius 1 is 0.882 bits per heavy atom. The Bertz CT molecular complexity index is 1100. The van der Waals surface area contributed by atoms with Crippen LogP contribution in [0.4, 0.5) is 0 Å². The van der Waals surface area contributed by atoms with Crippen LogP contribution in [0.3, 0.4) is 0 Å². The lowest BCUT2D eigenvalue weighted by Gasteiger charge is -2.37. The summed E-state index contributed by atoms with van der Waals surface area (Å²) in [6, 6.07) is 31.6. The van der Waals surface area contributed by atoms with Gasteiger partial charge in [-0.25, -0.2) is 4.98 Å². The molecule has 0 spiro atoms. The fourth-order valence-corrected chi connectivity index (χ4v) is 4.39. The highest BCUT2D eigenvalue weighted by Crippen LogP contribution is 2.40. The van der Waals surface area contributed by atoms with Crippen molar-refractivity contribution in [1.82, 2.24) is 9.55 Å². The van der Waals surface area contributed by atoms with Gasteiger partial charge in [-0.2, -0.15) is 0 Å². The maximum atomic E-state index is 11.5. The molecular formula is C30H30N2O2. The number of unbranched alkanes of at least 4 members (excludes halogenated alkanes) is 1. The molecule has 0 unspecified atom stereocenters. The molecule has 172 valence electrons. The van der Waals surface area contributed by atoms with Gasteiger partial charge in [-0.05, 0) is 42.5 Å². The second-order valence-corrected chi connectivity index (χ2v) is 8.11. The van der Waals surface area contributed by atoms with Crippen LogP contribution in [0.2, 0.25) is 0 Å². The first-order valence-corrected chi connectivity index (χ1v) is 11.8. The Morgan fingerprint density at radius 2 is 1.41 bits per heavy atom. The smallest absolute Gasteiger partial charge is 0.305 e. The molecule has 1 heterocycles. The molecule has 4 nitrogen and oxygen atoms in total. The van der Waals surface area contributed by atoms with E-state index in [0.717, 1.165) is 35.2 Å². The summed E-state index contributed by atoms with van der Waals surface area (Å²) in [6.07, 6.45) is 10.1. The molecule has 0 aliphatic rings. The van der Waals surface area contributed by atoms with Crippen molar-refractivity contribution in [2.75, 3.05) is 6.61 Å². The molecule has 4 heteroatoms. The van der Waals surface area contributed by atoms with Crippen molar-refractivity contribution in [3.63, 3.8) is 0 Å². The third-order valence-corrected chi connectivity index (χ3v) is 5.91. The monoisotopic (exact) mass is 450 g/mol. The quantitative estimate of drug-likeness (QED) is 0.158. The number of carbonyl (C=O) groups excluding carboxylic acids is 1. The lowest BCUT2D eigenvalue weighted by atomic mass is 9.77. The standard InChI is InChI=1S/C30H30N2O2/c1-2-34-29(33)22-14-6-13-21-28-23-32(24-31-28)30(25-15-7-3-8-16-25,26-17-9-4-10-18-26)27-19-11-5-12-20-27/h3-5,7-13,15-21,23-24H,2,6,14,22H2,1H3. The van der Waals surface area contributed by atoms with Gasteiger partial charge < -0.3 is 9.30 Å². The van der Waals surface area contributed by atoms with Gasteiger partial charge in [0.25, 0.3) is 0 Å². The van der Waals surface area contributed by atoms with Gasteiger partial charge in [0.1, 0.15) is 5.54 Å². The zero-order valence-corrected chi connectivity index (χ0v) is 19.5. The van der Waals surface area contributed by atoms with Crippen molar-refractivity contribution in [1.29, 1.82) is 0 Å². The highest BCUT2D eigenvalue weighted by atomic mass is 16.5. The summed E-state index contributed by atoms with van der Waals surface area (Å²) in [5.74, 6) is -0.140. The van der Waals surface area contributed by atoms with Gasteiger partial charge in [-0.15, -0.1) is 0 Å². The van der Waals surface area contributed by atoms with Gasteiger partial charge in [0.05, 0.1) is 18.6 Å². The second kappa shape index (κ2) is 11.3. The molecule has 4 aromatic rings. The summed E-state index contributed by atoms with van der Waals surface area (Å²) >= 11 is 0. The molecule has 0 fully saturated rings. The van der Waals surface area contributed by atoms with Crippen LogP contribution in [0.5, 0.6) is 0 Å². The summed E-state index contributed by atoms with van der Waals surface area (Å²) < 4.78 is 7.19. The molecule has 0 saturated carbocycles. The third-order valence-electron chi connectivity index (χ3n) is 5.91. The van der Waals surface area contributed by atoms with E-state index in [4.69, 9.17) is 9.72 Å². The normalized spacial score (nSPS) is 11.6. The van der Waals surface area contributed by atoms with E-state index in [2.05, 4.69) is 89.6 Å². The predicted molar refractivity (Wildman–Crippen MR) is 136 cm³/mol. The molecule has 0 atom stereocenters. The summed E-state index contributed by atoms with van der Waals surface area (Å²) in [7, 11) is 0. The van der Waals surface area contributed by atoms with Crippen molar-refractivity contribution < 1.29 is 9.53 Å². The van der Waals surface area contributed by atoms with Crippen molar-refractivity contribution in [3.8, 4) is 0 Å². The average Bonchev–Trinajstić information content (AvgIpc) is 3.35. The van der Waals surface area contributed by atoms with Crippen LogP contribution in [-0.2, 0) is 15.1 Å². The Morgan fingerprint density at radius 3 is 1.91 bits per heavy atom. The summed E-state index contributed by atoms with van der Waals surface area (Å²) in [4.78, 5) is 16.2. The number of benzene rings is 3. The van der Waals surface area contributed by atoms with Gasteiger partial charge >= 0.3 is 5.97 Å². The zero-order chi connectivity index (χ0) is 23.6. The van der Waals surface area contributed by atoms with E-state index in [1.807, 2.05) is 37.5 Å². The van der Waals surface area contributed by atoms with Gasteiger partial charge in [-0.1, -0.05) is 97.1 Å². The fourth-order valence-electron chi connectivity index (χ4n) is 4.39. The minimum atomic E-state index is -0.563. The van der Waals surface area contributed by atoms with E-state index in [0.29, 0.717) is 13.0 Å². The Kier molecular flexibility index (Phi) is 7.71. The molecule has 0 bridgehead atoms. The van der Waals surface area contributed by atoms with Crippen molar-refractivity contribution in [2.45, 2.75) is 31.7 Å². The van der Waals surface area contributed by atoms with E-state index in [1.54, 1.807) is 0 Å². The van der Waals surface area contributed by atoms with Gasteiger partial charge in [0.2, 0.25) is 0 Å². The third kappa shape index (κ3) is 5.01. The second-order valence-electron chi connectivity index (χ2n) is 8.11. The Hall–Kier alpha value is -3.92. The molecule has 34 heavy (non-hydrogen) atoms. The maximum Gasteiger partial charge on any atom is 0.305 e. The number of carbonyl (C=O) groups is 1. The first-order chi connectivity index (χ1) is 16.7. The average molecular weight is 451 g/mol. The number of aromatic nitrogens is 2. The zero-order valence-electron chi connectivity index (χ0n) is 19.5. The van der Waals surface area contributed by atoms with Crippen molar-refractivity contribution in [2.24, 2.45) is 0 Å². The highest BCUT2D eigenvalue weighted by molar-refractivity contribution is 5.69. The molecule has 0 saturated heterocycles. The number of imidazole rings is 1. The highest BCUT2D eigenvalue weighted by Gasteiger charge is 2.38. The molecule has 1 aromatic heterocycles. The Balaban J connectivity index is 1.71. The minimum Gasteiger partial charge on any atom is -0.466 e. The summed E-state index contributed by atoms with van der Waals surface area (Å²) in [5, 5.41) is 0. The number of ether oxygens (including phenoxy) is 1. The fraction of sp³-hybridized carbons (Fsp3) is 0.200.